The van der Waals surface area contributed by atoms with Crippen molar-refractivity contribution < 1.29 is 16.8 Å². The van der Waals surface area contributed by atoms with Gasteiger partial charge in [-0.1, -0.05) is 18.2 Å². The summed E-state index contributed by atoms with van der Waals surface area (Å²) in [6, 6.07) is 7.99. The lowest BCUT2D eigenvalue weighted by Crippen LogP contribution is -2.35. The number of hydrogen-bond donors (Lipinski definition) is 1. The lowest BCUT2D eigenvalue weighted by atomic mass is 10.4. The van der Waals surface area contributed by atoms with Crippen LogP contribution >= 0.6 is 0 Å². The molecule has 0 atom stereocenters. The van der Waals surface area contributed by atoms with E-state index in [4.69, 9.17) is 0 Å². The van der Waals surface area contributed by atoms with Gasteiger partial charge >= 0.3 is 0 Å². The maximum absolute atomic E-state index is 12.0. The summed E-state index contributed by atoms with van der Waals surface area (Å²) in [5, 5.41) is 0. The Kier molecular flexibility index (Phi) is 4.85. The van der Waals surface area contributed by atoms with E-state index >= 15 is 0 Å². The Morgan fingerprint density at radius 2 is 1.67 bits per heavy atom. The third-order valence-electron chi connectivity index (χ3n) is 2.24. The second kappa shape index (κ2) is 5.79. The highest BCUT2D eigenvalue weighted by atomic mass is 32.2. The number of hydrogen-bond acceptors (Lipinski definition) is 4. The Bertz CT molecular complexity index is 582. The van der Waals surface area contributed by atoms with Gasteiger partial charge in [0.2, 0.25) is 20.0 Å². The van der Waals surface area contributed by atoms with Crippen molar-refractivity contribution in [1.82, 2.24) is 9.03 Å². The molecule has 0 radical (unpaired) electrons. The fourth-order valence-corrected chi connectivity index (χ4v) is 2.94. The molecule has 0 aliphatic heterocycles. The standard InChI is InChI=1S/C10H16N2O4S2/c1-12(9-8-11-17(2,13)14)18(15,16)10-6-4-3-5-7-10/h3-7,11H,8-9H2,1-2H3. The number of rotatable bonds is 6. The van der Waals surface area contributed by atoms with Crippen molar-refractivity contribution >= 4 is 20.0 Å². The zero-order chi connectivity index (χ0) is 13.8. The van der Waals surface area contributed by atoms with Gasteiger partial charge in [-0.3, -0.25) is 0 Å². The highest BCUT2D eigenvalue weighted by molar-refractivity contribution is 7.89. The van der Waals surface area contributed by atoms with Crippen molar-refractivity contribution in [2.45, 2.75) is 4.90 Å². The summed E-state index contributed by atoms with van der Waals surface area (Å²) in [6.45, 7) is 0.117. The van der Waals surface area contributed by atoms with E-state index in [1.54, 1.807) is 18.2 Å². The first-order valence-corrected chi connectivity index (χ1v) is 8.52. The molecule has 0 saturated carbocycles. The molecule has 0 amide bonds. The van der Waals surface area contributed by atoms with E-state index < -0.39 is 20.0 Å². The zero-order valence-electron chi connectivity index (χ0n) is 10.2. The van der Waals surface area contributed by atoms with Crippen molar-refractivity contribution in [3.05, 3.63) is 30.3 Å². The van der Waals surface area contributed by atoms with Crippen molar-refractivity contribution in [2.24, 2.45) is 0 Å². The van der Waals surface area contributed by atoms with Crippen LogP contribution in [0, 0.1) is 0 Å². The van der Waals surface area contributed by atoms with Crippen LogP contribution in [0.5, 0.6) is 0 Å². The summed E-state index contributed by atoms with van der Waals surface area (Å²) in [5.41, 5.74) is 0. The predicted octanol–water partition coefficient (Wildman–Crippen LogP) is -0.144. The molecular weight excluding hydrogens is 276 g/mol. The molecule has 6 nitrogen and oxygen atoms in total. The van der Waals surface area contributed by atoms with Crippen LogP contribution in [0.1, 0.15) is 0 Å². The SMILES string of the molecule is CN(CCNS(C)(=O)=O)S(=O)(=O)c1ccccc1. The molecule has 102 valence electrons. The van der Waals surface area contributed by atoms with Gasteiger partial charge in [0.15, 0.2) is 0 Å². The second-order valence-corrected chi connectivity index (χ2v) is 7.68. The van der Waals surface area contributed by atoms with Gasteiger partial charge in [0.25, 0.3) is 0 Å². The molecule has 18 heavy (non-hydrogen) atoms. The van der Waals surface area contributed by atoms with E-state index in [9.17, 15) is 16.8 Å². The Balaban J connectivity index is 2.70. The molecule has 1 N–H and O–H groups in total. The minimum absolute atomic E-state index is 0.0431. The second-order valence-electron chi connectivity index (χ2n) is 3.81. The fraction of sp³-hybridized carbons (Fsp3) is 0.400. The van der Waals surface area contributed by atoms with Crippen LogP contribution in [0.4, 0.5) is 0 Å². The molecule has 1 rings (SSSR count). The first kappa shape index (κ1) is 15.1. The summed E-state index contributed by atoms with van der Waals surface area (Å²) in [4.78, 5) is 0.187. The molecule has 1 aromatic rings. The molecule has 8 heteroatoms. The third kappa shape index (κ3) is 4.37. The van der Waals surface area contributed by atoms with Gasteiger partial charge in [0, 0.05) is 20.1 Å². The lowest BCUT2D eigenvalue weighted by Gasteiger charge is -2.17. The minimum atomic E-state index is -3.56. The van der Waals surface area contributed by atoms with Crippen LogP contribution in [0.3, 0.4) is 0 Å². The van der Waals surface area contributed by atoms with E-state index in [-0.39, 0.29) is 18.0 Å². The van der Waals surface area contributed by atoms with Crippen LogP contribution < -0.4 is 4.72 Å². The van der Waals surface area contributed by atoms with Crippen molar-refractivity contribution in [3.63, 3.8) is 0 Å². The average molecular weight is 292 g/mol. The highest BCUT2D eigenvalue weighted by Crippen LogP contribution is 2.12. The van der Waals surface area contributed by atoms with Gasteiger partial charge in [0.1, 0.15) is 0 Å². The van der Waals surface area contributed by atoms with Gasteiger partial charge in [0.05, 0.1) is 11.2 Å². The minimum Gasteiger partial charge on any atom is -0.214 e. The summed E-state index contributed by atoms with van der Waals surface area (Å²) in [7, 11) is -5.45. The Morgan fingerprint density at radius 1 is 1.11 bits per heavy atom. The van der Waals surface area contributed by atoms with Crippen molar-refractivity contribution in [2.75, 3.05) is 26.4 Å². The molecule has 0 spiro atoms. The van der Waals surface area contributed by atoms with Crippen LogP contribution in [0.2, 0.25) is 0 Å². The molecule has 1 aromatic carbocycles. The summed E-state index contributed by atoms with van der Waals surface area (Å²) in [5.74, 6) is 0. The van der Waals surface area contributed by atoms with Crippen molar-refractivity contribution in [3.8, 4) is 0 Å². The molecular formula is C10H16N2O4S2. The molecule has 0 saturated heterocycles. The Labute approximate surface area is 108 Å². The fourth-order valence-electron chi connectivity index (χ4n) is 1.28. The van der Waals surface area contributed by atoms with Crippen LogP contribution in [0.15, 0.2) is 35.2 Å². The Morgan fingerprint density at radius 3 is 2.17 bits per heavy atom. The van der Waals surface area contributed by atoms with Gasteiger partial charge in [-0.25, -0.2) is 21.6 Å². The first-order valence-electron chi connectivity index (χ1n) is 5.19. The van der Waals surface area contributed by atoms with Gasteiger partial charge in [-0.05, 0) is 12.1 Å². The quantitative estimate of drug-likeness (QED) is 0.791. The molecule has 0 bridgehead atoms. The largest absolute Gasteiger partial charge is 0.242 e. The van der Waals surface area contributed by atoms with Crippen LogP contribution in [-0.4, -0.2) is 47.5 Å². The number of likely N-dealkylation sites (N-methyl/N-ethyl adjacent to an activating group) is 1. The summed E-state index contributed by atoms with van der Waals surface area (Å²) in [6.07, 6.45) is 1.03. The highest BCUT2D eigenvalue weighted by Gasteiger charge is 2.19. The molecule has 0 fully saturated rings. The summed E-state index contributed by atoms with van der Waals surface area (Å²) >= 11 is 0. The number of nitrogens with zero attached hydrogens (tertiary/aromatic N) is 1. The van der Waals surface area contributed by atoms with E-state index in [0.717, 1.165) is 10.6 Å². The van der Waals surface area contributed by atoms with E-state index in [1.165, 1.54) is 19.2 Å². The van der Waals surface area contributed by atoms with Crippen LogP contribution in [0.25, 0.3) is 0 Å². The average Bonchev–Trinajstić information content (AvgIpc) is 2.28. The number of nitrogens with one attached hydrogen (secondary N) is 1. The van der Waals surface area contributed by atoms with Gasteiger partial charge < -0.3 is 0 Å². The van der Waals surface area contributed by atoms with Gasteiger partial charge in [-0.2, -0.15) is 4.31 Å². The third-order valence-corrected chi connectivity index (χ3v) is 4.84. The maximum atomic E-state index is 12.0. The lowest BCUT2D eigenvalue weighted by molar-refractivity contribution is 0.469. The first-order chi connectivity index (χ1) is 8.23. The smallest absolute Gasteiger partial charge is 0.214 e. The maximum Gasteiger partial charge on any atom is 0.242 e. The molecule has 0 unspecified atom stereocenters. The topological polar surface area (TPSA) is 83.6 Å². The Hall–Kier alpha value is -0.960. The van der Waals surface area contributed by atoms with Crippen molar-refractivity contribution in [1.29, 1.82) is 0 Å². The monoisotopic (exact) mass is 292 g/mol. The molecule has 0 aliphatic carbocycles. The van der Waals surface area contributed by atoms with E-state index in [2.05, 4.69) is 4.72 Å². The van der Waals surface area contributed by atoms with E-state index in [0.29, 0.717) is 0 Å². The number of benzene rings is 1. The molecule has 0 aromatic heterocycles. The van der Waals surface area contributed by atoms with E-state index in [1.807, 2.05) is 0 Å². The zero-order valence-corrected chi connectivity index (χ0v) is 11.8. The number of sulfonamides is 2. The summed E-state index contributed by atoms with van der Waals surface area (Å²) < 4.78 is 49.1. The molecule has 0 aliphatic rings. The molecule has 0 heterocycles. The van der Waals surface area contributed by atoms with Crippen LogP contribution in [-0.2, 0) is 20.0 Å². The normalized spacial score (nSPS) is 12.8. The van der Waals surface area contributed by atoms with Gasteiger partial charge in [-0.15, -0.1) is 0 Å². The predicted molar refractivity (Wildman–Crippen MR) is 69.1 cm³/mol.